The Balaban J connectivity index is 1.54. The van der Waals surface area contributed by atoms with Gasteiger partial charge in [-0.3, -0.25) is 4.79 Å². The molecular weight excluding hydrogens is 444 g/mol. The molecule has 2 atom stereocenters. The lowest BCUT2D eigenvalue weighted by Gasteiger charge is -2.24. The zero-order valence-electron chi connectivity index (χ0n) is 16.3. The number of fused-ring (bicyclic) bond motifs is 1. The summed E-state index contributed by atoms with van der Waals surface area (Å²) in [6.07, 6.45) is 0.177. The number of hydrogen-bond acceptors (Lipinski definition) is 5. The number of carbonyl (C=O) groups excluding carboxylic acids is 1. The zero-order valence-corrected chi connectivity index (χ0v) is 18.7. The summed E-state index contributed by atoms with van der Waals surface area (Å²) in [5.74, 6) is 0.674. The molecule has 9 heteroatoms. The highest BCUT2D eigenvalue weighted by Gasteiger charge is 2.48. The predicted molar refractivity (Wildman–Crippen MR) is 120 cm³/mol. The maximum atomic E-state index is 12.6. The largest absolute Gasteiger partial charge is 0.497 e. The van der Waals surface area contributed by atoms with Crippen LogP contribution in [0.2, 0.25) is 5.02 Å². The van der Waals surface area contributed by atoms with Gasteiger partial charge in [0.15, 0.2) is 15.0 Å². The summed E-state index contributed by atoms with van der Waals surface area (Å²) >= 11 is 7.36. The van der Waals surface area contributed by atoms with Crippen LogP contribution in [0, 0.1) is 0 Å². The molecule has 2 saturated heterocycles. The number of ether oxygens (including phenoxy) is 1. The van der Waals surface area contributed by atoms with Crippen molar-refractivity contribution in [3.63, 3.8) is 0 Å². The zero-order chi connectivity index (χ0) is 21.3. The summed E-state index contributed by atoms with van der Waals surface area (Å²) in [4.78, 5) is 18.9. The third kappa shape index (κ3) is 4.82. The third-order valence-electron chi connectivity index (χ3n) is 5.18. The highest BCUT2D eigenvalue weighted by atomic mass is 35.5. The van der Waals surface area contributed by atoms with E-state index in [0.29, 0.717) is 16.7 Å². The second-order valence-electron chi connectivity index (χ2n) is 7.37. The molecule has 0 aliphatic carbocycles. The van der Waals surface area contributed by atoms with Gasteiger partial charge in [0.25, 0.3) is 5.91 Å². The first-order valence-electron chi connectivity index (χ1n) is 9.45. The number of thioether (sulfide) groups is 1. The van der Waals surface area contributed by atoms with Crippen LogP contribution in [0.5, 0.6) is 5.75 Å². The highest BCUT2D eigenvalue weighted by molar-refractivity contribution is 8.15. The van der Waals surface area contributed by atoms with Gasteiger partial charge in [-0.15, -0.1) is 0 Å². The average Bonchev–Trinajstić information content (AvgIpc) is 3.16. The van der Waals surface area contributed by atoms with Crippen molar-refractivity contribution in [2.24, 2.45) is 4.99 Å². The third-order valence-corrected chi connectivity index (χ3v) is 8.68. The van der Waals surface area contributed by atoms with Crippen molar-refractivity contribution in [2.75, 3.05) is 18.6 Å². The van der Waals surface area contributed by atoms with E-state index < -0.39 is 9.84 Å². The molecule has 0 N–H and O–H groups in total. The predicted octanol–water partition coefficient (Wildman–Crippen LogP) is 3.19. The molecule has 1 amide bonds. The number of rotatable bonds is 5. The first-order valence-corrected chi connectivity index (χ1v) is 12.5. The average molecular weight is 465 g/mol. The van der Waals surface area contributed by atoms with Gasteiger partial charge in [0, 0.05) is 16.8 Å². The molecule has 2 aliphatic heterocycles. The van der Waals surface area contributed by atoms with Gasteiger partial charge in [-0.1, -0.05) is 47.6 Å². The molecule has 6 nitrogen and oxygen atoms in total. The van der Waals surface area contributed by atoms with Crippen molar-refractivity contribution >= 4 is 44.3 Å². The molecule has 4 rings (SSSR count). The number of amides is 1. The molecule has 158 valence electrons. The molecule has 2 fully saturated rings. The van der Waals surface area contributed by atoms with Crippen molar-refractivity contribution in [1.82, 2.24) is 4.90 Å². The normalized spacial score (nSPS) is 23.5. The van der Waals surface area contributed by atoms with Gasteiger partial charge >= 0.3 is 0 Å². The molecule has 2 heterocycles. The first-order chi connectivity index (χ1) is 14.3. The summed E-state index contributed by atoms with van der Waals surface area (Å²) in [5.41, 5.74) is 1.83. The number of methoxy groups -OCH3 is 1. The molecular formula is C21H21ClN2O4S2. The lowest BCUT2D eigenvalue weighted by Crippen LogP contribution is -2.37. The number of hydrogen-bond donors (Lipinski definition) is 0. The van der Waals surface area contributed by atoms with Gasteiger partial charge in [-0.05, 0) is 35.4 Å². The van der Waals surface area contributed by atoms with Gasteiger partial charge in [0.1, 0.15) is 5.75 Å². The van der Waals surface area contributed by atoms with Crippen LogP contribution in [0.15, 0.2) is 53.5 Å². The van der Waals surface area contributed by atoms with E-state index in [0.717, 1.165) is 16.9 Å². The second kappa shape index (κ2) is 8.61. The Bertz CT molecular complexity index is 1070. The van der Waals surface area contributed by atoms with Crippen LogP contribution in [0.1, 0.15) is 11.1 Å². The minimum atomic E-state index is -3.08. The minimum absolute atomic E-state index is 0.0872. The quantitative estimate of drug-likeness (QED) is 0.676. The molecule has 0 bridgehead atoms. The van der Waals surface area contributed by atoms with Gasteiger partial charge in [0.2, 0.25) is 0 Å². The fourth-order valence-corrected chi connectivity index (χ4v) is 7.77. The Labute approximate surface area is 185 Å². The van der Waals surface area contributed by atoms with E-state index in [1.165, 1.54) is 11.8 Å². The van der Waals surface area contributed by atoms with E-state index in [2.05, 4.69) is 4.99 Å². The van der Waals surface area contributed by atoms with Crippen LogP contribution in [-0.4, -0.2) is 54.3 Å². The maximum absolute atomic E-state index is 12.6. The number of sulfone groups is 1. The molecule has 0 radical (unpaired) electrons. The molecule has 2 aromatic carbocycles. The van der Waals surface area contributed by atoms with Gasteiger partial charge < -0.3 is 9.64 Å². The topological polar surface area (TPSA) is 76.0 Å². The Morgan fingerprint density at radius 3 is 2.47 bits per heavy atom. The van der Waals surface area contributed by atoms with Gasteiger partial charge in [-0.2, -0.15) is 4.99 Å². The fourth-order valence-electron chi connectivity index (χ4n) is 3.67. The van der Waals surface area contributed by atoms with E-state index >= 15 is 0 Å². The van der Waals surface area contributed by atoms with Crippen molar-refractivity contribution in [1.29, 1.82) is 0 Å². The van der Waals surface area contributed by atoms with E-state index in [1.54, 1.807) is 19.2 Å². The lowest BCUT2D eigenvalue weighted by atomic mass is 10.1. The van der Waals surface area contributed by atoms with Crippen LogP contribution in [0.25, 0.3) is 0 Å². The number of carbonyl (C=O) groups is 1. The number of halogens is 1. The molecule has 0 spiro atoms. The van der Waals surface area contributed by atoms with Crippen molar-refractivity contribution in [3.05, 3.63) is 64.7 Å². The SMILES string of the molecule is COc1ccc(CC(=O)N=C2S[C@@H]3CS(=O)(=O)C[C@@H]3N2Cc2ccc(Cl)cc2)cc1. The first kappa shape index (κ1) is 21.2. The van der Waals surface area contributed by atoms with Crippen LogP contribution >= 0.6 is 23.4 Å². The smallest absolute Gasteiger partial charge is 0.252 e. The van der Waals surface area contributed by atoms with Gasteiger partial charge in [0.05, 0.1) is 31.1 Å². The van der Waals surface area contributed by atoms with Crippen LogP contribution in [0.4, 0.5) is 0 Å². The van der Waals surface area contributed by atoms with Crippen molar-refractivity contribution < 1.29 is 17.9 Å². The monoisotopic (exact) mass is 464 g/mol. The van der Waals surface area contributed by atoms with Crippen molar-refractivity contribution in [2.45, 2.75) is 24.3 Å². The van der Waals surface area contributed by atoms with Gasteiger partial charge in [-0.25, -0.2) is 8.42 Å². The van der Waals surface area contributed by atoms with E-state index in [4.69, 9.17) is 16.3 Å². The summed E-state index contributed by atoms with van der Waals surface area (Å²) in [6, 6.07) is 14.5. The Morgan fingerprint density at radius 2 is 1.80 bits per heavy atom. The summed E-state index contributed by atoms with van der Waals surface area (Å²) in [6.45, 7) is 0.482. The molecule has 2 aromatic rings. The van der Waals surface area contributed by atoms with Crippen LogP contribution < -0.4 is 4.74 Å². The van der Waals surface area contributed by atoms with E-state index in [-0.39, 0.29) is 35.1 Å². The van der Waals surface area contributed by atoms with Crippen molar-refractivity contribution in [3.8, 4) is 5.75 Å². The molecule has 0 aromatic heterocycles. The summed E-state index contributed by atoms with van der Waals surface area (Å²) in [5, 5.41) is 1.13. The summed E-state index contributed by atoms with van der Waals surface area (Å²) in [7, 11) is -1.49. The number of nitrogens with zero attached hydrogens (tertiary/aromatic N) is 2. The minimum Gasteiger partial charge on any atom is -0.497 e. The maximum Gasteiger partial charge on any atom is 0.252 e. The molecule has 0 unspecified atom stereocenters. The molecule has 0 saturated carbocycles. The highest BCUT2D eigenvalue weighted by Crippen LogP contribution is 2.39. The lowest BCUT2D eigenvalue weighted by molar-refractivity contribution is -0.117. The number of amidine groups is 1. The standard InChI is InChI=1S/C21H21ClN2O4S2/c1-28-17-8-4-14(5-9-17)10-20(25)23-21-24(11-15-2-6-16(22)7-3-15)18-12-30(26,27)13-19(18)29-21/h2-9,18-19H,10-13H2,1H3/t18-,19+/m0/s1. The molecule has 30 heavy (non-hydrogen) atoms. The Morgan fingerprint density at radius 1 is 1.13 bits per heavy atom. The summed E-state index contributed by atoms with van der Waals surface area (Å²) < 4.78 is 29.4. The fraction of sp³-hybridized carbons (Fsp3) is 0.333. The van der Waals surface area contributed by atoms with Crippen LogP contribution in [0.3, 0.4) is 0 Å². The Kier molecular flexibility index (Phi) is 6.09. The Hall–Kier alpha value is -2.03. The number of aliphatic imine (C=N–C) groups is 1. The van der Waals surface area contributed by atoms with E-state index in [9.17, 15) is 13.2 Å². The van der Waals surface area contributed by atoms with Crippen LogP contribution in [-0.2, 0) is 27.6 Å². The second-order valence-corrected chi connectivity index (χ2v) is 11.2. The van der Waals surface area contributed by atoms with E-state index in [1.807, 2.05) is 41.3 Å². The molecule has 2 aliphatic rings. The number of benzene rings is 2.